The van der Waals surface area contributed by atoms with Gasteiger partial charge in [-0.1, -0.05) is 55.3 Å². The maximum atomic E-state index is 13.8. The largest absolute Gasteiger partial charge is 0.444 e. The van der Waals surface area contributed by atoms with Crippen LogP contribution in [0.15, 0.2) is 59.5 Å². The van der Waals surface area contributed by atoms with E-state index >= 15 is 0 Å². The number of carbonyl (C=O) groups is 4. The van der Waals surface area contributed by atoms with Crippen LogP contribution in [0.1, 0.15) is 72.1 Å². The van der Waals surface area contributed by atoms with Crippen LogP contribution < -0.4 is 15.4 Å². The van der Waals surface area contributed by atoms with Gasteiger partial charge in [-0.15, -0.1) is 0 Å². The number of allylic oxidation sites excluding steroid dienone is 1. The quantitative estimate of drug-likeness (QED) is 0.430. The van der Waals surface area contributed by atoms with Gasteiger partial charge in [0, 0.05) is 12.5 Å². The number of rotatable bonds is 4. The summed E-state index contributed by atoms with van der Waals surface area (Å²) in [6.45, 7) is 5.54. The highest BCUT2D eigenvalue weighted by atomic mass is 32.2. The fraction of sp³-hybridized carbons (Fsp3) is 0.515. The van der Waals surface area contributed by atoms with Crippen molar-refractivity contribution >= 4 is 44.6 Å². The van der Waals surface area contributed by atoms with Crippen molar-refractivity contribution in [3.05, 3.63) is 54.6 Å². The van der Waals surface area contributed by atoms with Crippen LogP contribution in [0.3, 0.4) is 0 Å². The molecule has 45 heavy (non-hydrogen) atoms. The molecule has 2 aromatic rings. The van der Waals surface area contributed by atoms with E-state index in [4.69, 9.17) is 4.74 Å². The molecular formula is C33H42N4O7S. The van der Waals surface area contributed by atoms with Crippen LogP contribution in [0, 0.1) is 5.92 Å². The normalized spacial score (nSPS) is 26.1. The Hall–Kier alpha value is -3.93. The summed E-state index contributed by atoms with van der Waals surface area (Å²) in [4.78, 5) is 55.2. The molecule has 5 rings (SSSR count). The van der Waals surface area contributed by atoms with Gasteiger partial charge in [0.25, 0.3) is 15.9 Å². The smallest absolute Gasteiger partial charge is 0.408 e. The average Bonchev–Trinajstić information content (AvgIpc) is 3.43. The van der Waals surface area contributed by atoms with Crippen molar-refractivity contribution in [1.82, 2.24) is 20.3 Å². The Morgan fingerprint density at radius 1 is 1.00 bits per heavy atom. The molecule has 0 unspecified atom stereocenters. The summed E-state index contributed by atoms with van der Waals surface area (Å²) < 4.78 is 34.3. The summed E-state index contributed by atoms with van der Waals surface area (Å²) in [5.41, 5.74) is -2.21. The zero-order valence-electron chi connectivity index (χ0n) is 26.0. The Morgan fingerprint density at radius 2 is 1.76 bits per heavy atom. The van der Waals surface area contributed by atoms with Crippen LogP contribution in [0.25, 0.3) is 10.8 Å². The number of nitrogens with one attached hydrogen (secondary N) is 3. The van der Waals surface area contributed by atoms with Crippen LogP contribution >= 0.6 is 0 Å². The molecule has 2 fully saturated rings. The lowest BCUT2D eigenvalue weighted by Crippen LogP contribution is -2.58. The Kier molecular flexibility index (Phi) is 9.25. The highest BCUT2D eigenvalue weighted by Crippen LogP contribution is 2.46. The SMILES string of the molecule is CC(C)(C)OC(=O)N[C@H]1CCCCCC=C[C@@H]2C[C@@]2(C(=O)NS(=O)(=O)c2ccc3ccccc3c2)NC(=O)[C@@H]2CCCN2C1=O. The van der Waals surface area contributed by atoms with Crippen LogP contribution in [-0.4, -0.2) is 66.9 Å². The van der Waals surface area contributed by atoms with Gasteiger partial charge in [-0.05, 0) is 82.2 Å². The molecular weight excluding hydrogens is 596 g/mol. The minimum absolute atomic E-state index is 0.0572. The number of hydrogen-bond acceptors (Lipinski definition) is 7. The summed E-state index contributed by atoms with van der Waals surface area (Å²) in [6, 6.07) is 10.2. The highest BCUT2D eigenvalue weighted by Gasteiger charge is 2.61. The van der Waals surface area contributed by atoms with Gasteiger partial charge >= 0.3 is 6.09 Å². The zero-order valence-corrected chi connectivity index (χ0v) is 26.8. The maximum Gasteiger partial charge on any atom is 0.408 e. The molecule has 0 radical (unpaired) electrons. The fourth-order valence-corrected chi connectivity index (χ4v) is 7.22. The van der Waals surface area contributed by atoms with Crippen LogP contribution in [0.2, 0.25) is 0 Å². The Morgan fingerprint density at radius 3 is 2.51 bits per heavy atom. The van der Waals surface area contributed by atoms with E-state index in [0.717, 1.165) is 18.2 Å². The molecule has 4 atom stereocenters. The number of alkyl carbamates (subject to hydrolysis) is 1. The molecule has 0 bridgehead atoms. The van der Waals surface area contributed by atoms with E-state index in [0.29, 0.717) is 44.0 Å². The first-order valence-electron chi connectivity index (χ1n) is 15.6. The Bertz CT molecular complexity index is 1620. The Balaban J connectivity index is 1.37. The third kappa shape index (κ3) is 7.49. The monoisotopic (exact) mass is 638 g/mol. The molecule has 3 N–H and O–H groups in total. The first-order chi connectivity index (χ1) is 21.3. The molecule has 1 saturated heterocycles. The van der Waals surface area contributed by atoms with Crippen molar-refractivity contribution in [2.75, 3.05) is 6.54 Å². The van der Waals surface area contributed by atoms with Gasteiger partial charge in [0.15, 0.2) is 0 Å². The van der Waals surface area contributed by atoms with E-state index in [1.165, 1.54) is 17.0 Å². The number of nitrogens with zero attached hydrogens (tertiary/aromatic N) is 1. The van der Waals surface area contributed by atoms with Crippen LogP contribution in [0.5, 0.6) is 0 Å². The number of carbonyl (C=O) groups excluding carboxylic acids is 4. The summed E-state index contributed by atoms with van der Waals surface area (Å²) in [5.74, 6) is -2.12. The summed E-state index contributed by atoms with van der Waals surface area (Å²) in [7, 11) is -4.24. The van der Waals surface area contributed by atoms with Crippen LogP contribution in [0.4, 0.5) is 4.79 Å². The molecule has 1 aliphatic carbocycles. The van der Waals surface area contributed by atoms with Crippen molar-refractivity contribution in [2.45, 2.75) is 100 Å². The van der Waals surface area contributed by atoms with Crippen molar-refractivity contribution < 1.29 is 32.3 Å². The summed E-state index contributed by atoms with van der Waals surface area (Å²) >= 11 is 0. The second kappa shape index (κ2) is 12.8. The second-order valence-electron chi connectivity index (χ2n) is 13.2. The van der Waals surface area contributed by atoms with Gasteiger partial charge in [-0.25, -0.2) is 17.9 Å². The Labute approximate surface area is 264 Å². The van der Waals surface area contributed by atoms with Crippen molar-refractivity contribution in [2.24, 2.45) is 5.92 Å². The topological polar surface area (TPSA) is 151 Å². The van der Waals surface area contributed by atoms with Gasteiger partial charge in [-0.2, -0.15) is 0 Å². The lowest BCUT2D eigenvalue weighted by Gasteiger charge is -2.30. The lowest BCUT2D eigenvalue weighted by molar-refractivity contribution is -0.141. The zero-order chi connectivity index (χ0) is 32.4. The molecule has 4 amide bonds. The van der Waals surface area contributed by atoms with E-state index in [1.54, 1.807) is 39.0 Å². The number of benzene rings is 2. The summed E-state index contributed by atoms with van der Waals surface area (Å²) in [5, 5.41) is 7.13. The molecule has 12 heteroatoms. The predicted molar refractivity (Wildman–Crippen MR) is 168 cm³/mol. The second-order valence-corrected chi connectivity index (χ2v) is 14.9. The van der Waals surface area contributed by atoms with E-state index < -0.39 is 57.1 Å². The molecule has 1 saturated carbocycles. The van der Waals surface area contributed by atoms with Crippen molar-refractivity contribution in [3.8, 4) is 0 Å². The van der Waals surface area contributed by atoms with Crippen molar-refractivity contribution in [3.63, 3.8) is 0 Å². The van der Waals surface area contributed by atoms with Gasteiger partial charge < -0.3 is 20.3 Å². The fourth-order valence-electron chi connectivity index (χ4n) is 6.15. The predicted octanol–water partition coefficient (Wildman–Crippen LogP) is 3.92. The molecule has 0 aromatic heterocycles. The molecule has 2 aromatic carbocycles. The maximum absolute atomic E-state index is 13.8. The van der Waals surface area contributed by atoms with Crippen molar-refractivity contribution in [1.29, 1.82) is 0 Å². The first-order valence-corrected chi connectivity index (χ1v) is 17.1. The molecule has 2 aliphatic heterocycles. The van der Waals surface area contributed by atoms with Crippen LogP contribution in [-0.2, 0) is 29.1 Å². The minimum atomic E-state index is -4.24. The molecule has 2 heterocycles. The third-order valence-electron chi connectivity index (χ3n) is 8.58. The molecule has 0 spiro atoms. The lowest BCUT2D eigenvalue weighted by atomic mass is 10.0. The minimum Gasteiger partial charge on any atom is -0.444 e. The number of sulfonamides is 1. The van der Waals surface area contributed by atoms with E-state index in [-0.39, 0.29) is 17.2 Å². The number of fused-ring (bicyclic) bond motifs is 3. The first kappa shape index (κ1) is 32.5. The van der Waals surface area contributed by atoms with Gasteiger partial charge in [0.1, 0.15) is 23.2 Å². The molecule has 3 aliphatic rings. The van der Waals surface area contributed by atoms with E-state index in [1.807, 2.05) is 24.3 Å². The van der Waals surface area contributed by atoms with Gasteiger partial charge in [0.05, 0.1) is 4.90 Å². The standard InChI is InChI=1S/C33H42N4O7S/c1-32(2,3)44-31(41)34-26-15-8-6-4-5-7-14-24-21-33(24,35-28(38)27-16-11-19-37(27)29(26)39)30(40)36-45(42,43)25-18-17-22-12-9-10-13-23(22)20-25/h7,9-10,12-14,17-18,20,24,26-27H,4-6,8,11,15-16,19,21H2,1-3H3,(H,34,41)(H,35,38)(H,36,40)/t24-,26+,27+,33-/m1/s1. The van der Waals surface area contributed by atoms with E-state index in [9.17, 15) is 27.6 Å². The third-order valence-corrected chi connectivity index (χ3v) is 9.91. The number of amides is 4. The number of ether oxygens (including phenoxy) is 1. The van der Waals surface area contributed by atoms with Gasteiger partial charge in [0.2, 0.25) is 11.8 Å². The highest BCUT2D eigenvalue weighted by molar-refractivity contribution is 7.90. The molecule has 242 valence electrons. The van der Waals surface area contributed by atoms with Gasteiger partial charge in [-0.3, -0.25) is 14.4 Å². The number of hydrogen-bond donors (Lipinski definition) is 3. The summed E-state index contributed by atoms with van der Waals surface area (Å²) in [6.07, 6.45) is 7.73. The van der Waals surface area contributed by atoms with E-state index in [2.05, 4.69) is 15.4 Å². The molecule has 11 nitrogen and oxygen atoms in total. The average molecular weight is 639 g/mol.